The fraction of sp³-hybridized carbons (Fsp3) is 0.381. The molecule has 1 fully saturated rings. The molecule has 5 heteroatoms. The van der Waals surface area contributed by atoms with Crippen LogP contribution in [0.25, 0.3) is 0 Å². The first-order valence-corrected chi connectivity index (χ1v) is 8.97. The van der Waals surface area contributed by atoms with Gasteiger partial charge in [-0.25, -0.2) is 0 Å². The van der Waals surface area contributed by atoms with Crippen molar-refractivity contribution in [2.75, 3.05) is 13.6 Å². The standard InChI is InChI=1S/C21H27N3O.HI/c1-22-21(23-13-17-10-11-17)24-14-19-8-5-9-20(12-19)16-25-15-18-6-3-2-4-7-18;/h2-9,12,17H,10-11,13-16H2,1H3,(H2,22,23,24);1H. The Bertz CT molecular complexity index is 687. The minimum Gasteiger partial charge on any atom is -0.372 e. The normalized spacial score (nSPS) is 13.8. The molecule has 0 radical (unpaired) electrons. The van der Waals surface area contributed by atoms with Crippen LogP contribution in [0.1, 0.15) is 29.5 Å². The molecule has 3 rings (SSSR count). The van der Waals surface area contributed by atoms with E-state index in [1.807, 2.05) is 25.2 Å². The molecule has 0 bridgehead atoms. The van der Waals surface area contributed by atoms with Crippen molar-refractivity contribution in [3.05, 3.63) is 71.3 Å². The van der Waals surface area contributed by atoms with Crippen molar-refractivity contribution in [1.82, 2.24) is 10.6 Å². The average molecular weight is 465 g/mol. The molecular weight excluding hydrogens is 437 g/mol. The van der Waals surface area contributed by atoms with Crippen LogP contribution in [0.5, 0.6) is 0 Å². The predicted octanol–water partition coefficient (Wildman–Crippen LogP) is 4.10. The topological polar surface area (TPSA) is 45.7 Å². The molecule has 0 aromatic heterocycles. The molecule has 1 saturated carbocycles. The molecule has 0 saturated heterocycles. The molecule has 140 valence electrons. The first-order valence-electron chi connectivity index (χ1n) is 8.97. The monoisotopic (exact) mass is 465 g/mol. The molecule has 26 heavy (non-hydrogen) atoms. The van der Waals surface area contributed by atoms with Crippen molar-refractivity contribution in [3.8, 4) is 0 Å². The Morgan fingerprint density at radius 2 is 1.65 bits per heavy atom. The predicted molar refractivity (Wildman–Crippen MR) is 118 cm³/mol. The second-order valence-corrected chi connectivity index (χ2v) is 6.55. The van der Waals surface area contributed by atoms with E-state index in [0.29, 0.717) is 13.2 Å². The van der Waals surface area contributed by atoms with E-state index in [9.17, 15) is 0 Å². The summed E-state index contributed by atoms with van der Waals surface area (Å²) in [4.78, 5) is 4.28. The summed E-state index contributed by atoms with van der Waals surface area (Å²) >= 11 is 0. The van der Waals surface area contributed by atoms with Gasteiger partial charge in [-0.2, -0.15) is 0 Å². The van der Waals surface area contributed by atoms with Crippen LogP contribution in [0.4, 0.5) is 0 Å². The number of ether oxygens (including phenoxy) is 1. The Hall–Kier alpha value is -1.60. The number of benzene rings is 2. The van der Waals surface area contributed by atoms with Crippen LogP contribution in [0.2, 0.25) is 0 Å². The lowest BCUT2D eigenvalue weighted by Gasteiger charge is -2.12. The van der Waals surface area contributed by atoms with E-state index in [0.717, 1.165) is 25.0 Å². The van der Waals surface area contributed by atoms with Crippen molar-refractivity contribution in [1.29, 1.82) is 0 Å². The summed E-state index contributed by atoms with van der Waals surface area (Å²) in [6.07, 6.45) is 2.68. The first kappa shape index (κ1) is 20.7. The van der Waals surface area contributed by atoms with Crippen LogP contribution in [-0.4, -0.2) is 19.6 Å². The van der Waals surface area contributed by atoms with Gasteiger partial charge in [0.15, 0.2) is 5.96 Å². The zero-order valence-electron chi connectivity index (χ0n) is 15.3. The number of aliphatic imine (C=N–C) groups is 1. The highest BCUT2D eigenvalue weighted by Crippen LogP contribution is 2.27. The van der Waals surface area contributed by atoms with Gasteiger partial charge in [0.1, 0.15) is 0 Å². The largest absolute Gasteiger partial charge is 0.372 e. The van der Waals surface area contributed by atoms with E-state index in [1.54, 1.807) is 0 Å². The van der Waals surface area contributed by atoms with Gasteiger partial charge >= 0.3 is 0 Å². The molecule has 2 aromatic carbocycles. The maximum absolute atomic E-state index is 5.82. The first-order chi connectivity index (χ1) is 12.3. The highest BCUT2D eigenvalue weighted by Gasteiger charge is 2.20. The molecule has 4 nitrogen and oxygen atoms in total. The van der Waals surface area contributed by atoms with Gasteiger partial charge in [0.2, 0.25) is 0 Å². The summed E-state index contributed by atoms with van der Waals surface area (Å²) in [7, 11) is 1.82. The Kier molecular flexibility index (Phi) is 8.91. The SMILES string of the molecule is CN=C(NCc1cccc(COCc2ccccc2)c1)NCC1CC1.I. The number of hydrogen-bond donors (Lipinski definition) is 2. The van der Waals surface area contributed by atoms with Gasteiger partial charge < -0.3 is 15.4 Å². The Balaban J connectivity index is 0.00000243. The van der Waals surface area contributed by atoms with E-state index < -0.39 is 0 Å². The van der Waals surface area contributed by atoms with Crippen LogP contribution in [0.3, 0.4) is 0 Å². The van der Waals surface area contributed by atoms with Gasteiger partial charge in [-0.15, -0.1) is 24.0 Å². The molecule has 2 N–H and O–H groups in total. The Morgan fingerprint density at radius 3 is 2.38 bits per heavy atom. The van der Waals surface area contributed by atoms with Gasteiger partial charge in [-0.05, 0) is 35.4 Å². The third kappa shape index (κ3) is 7.33. The lowest BCUT2D eigenvalue weighted by atomic mass is 10.1. The quantitative estimate of drug-likeness (QED) is 0.351. The Labute approximate surface area is 173 Å². The maximum Gasteiger partial charge on any atom is 0.191 e. The molecule has 0 amide bonds. The number of nitrogens with one attached hydrogen (secondary N) is 2. The Morgan fingerprint density at radius 1 is 0.962 bits per heavy atom. The van der Waals surface area contributed by atoms with Crippen molar-refractivity contribution in [3.63, 3.8) is 0 Å². The number of halogens is 1. The van der Waals surface area contributed by atoms with Crippen molar-refractivity contribution in [2.24, 2.45) is 10.9 Å². The number of rotatable bonds is 8. The minimum absolute atomic E-state index is 0. The fourth-order valence-electron chi connectivity index (χ4n) is 2.66. The summed E-state index contributed by atoms with van der Waals surface area (Å²) in [5, 5.41) is 6.76. The number of guanidine groups is 1. The second kappa shape index (κ2) is 11.2. The zero-order chi connectivity index (χ0) is 17.3. The van der Waals surface area contributed by atoms with E-state index in [4.69, 9.17) is 4.74 Å². The van der Waals surface area contributed by atoms with Crippen LogP contribution in [-0.2, 0) is 24.5 Å². The van der Waals surface area contributed by atoms with Crippen molar-refractivity contribution < 1.29 is 4.74 Å². The molecule has 1 aliphatic carbocycles. The minimum atomic E-state index is 0. The highest BCUT2D eigenvalue weighted by atomic mass is 127. The molecule has 0 aliphatic heterocycles. The van der Waals surface area contributed by atoms with Crippen LogP contribution in [0, 0.1) is 5.92 Å². The smallest absolute Gasteiger partial charge is 0.191 e. The van der Waals surface area contributed by atoms with Crippen molar-refractivity contribution in [2.45, 2.75) is 32.6 Å². The van der Waals surface area contributed by atoms with Crippen LogP contribution < -0.4 is 10.6 Å². The fourth-order valence-corrected chi connectivity index (χ4v) is 2.66. The molecule has 0 atom stereocenters. The summed E-state index contributed by atoms with van der Waals surface area (Å²) in [5.74, 6) is 1.71. The van der Waals surface area contributed by atoms with E-state index in [1.165, 1.54) is 29.5 Å². The lowest BCUT2D eigenvalue weighted by molar-refractivity contribution is 0.107. The number of nitrogens with zero attached hydrogens (tertiary/aromatic N) is 1. The summed E-state index contributed by atoms with van der Waals surface area (Å²) < 4.78 is 5.82. The van der Waals surface area contributed by atoms with Gasteiger partial charge in [-0.1, -0.05) is 54.6 Å². The molecule has 0 heterocycles. The van der Waals surface area contributed by atoms with E-state index in [-0.39, 0.29) is 24.0 Å². The molecule has 1 aliphatic rings. The molecule has 0 spiro atoms. The molecule has 2 aromatic rings. The summed E-state index contributed by atoms with van der Waals surface area (Å²) in [6, 6.07) is 18.8. The van der Waals surface area contributed by atoms with Crippen LogP contribution in [0.15, 0.2) is 59.6 Å². The maximum atomic E-state index is 5.82. The number of hydrogen-bond acceptors (Lipinski definition) is 2. The second-order valence-electron chi connectivity index (χ2n) is 6.55. The van der Waals surface area contributed by atoms with Crippen LogP contribution >= 0.6 is 24.0 Å². The van der Waals surface area contributed by atoms with Crippen molar-refractivity contribution >= 4 is 29.9 Å². The van der Waals surface area contributed by atoms with E-state index >= 15 is 0 Å². The lowest BCUT2D eigenvalue weighted by Crippen LogP contribution is -2.37. The van der Waals surface area contributed by atoms with Gasteiger partial charge in [0.05, 0.1) is 13.2 Å². The van der Waals surface area contributed by atoms with E-state index in [2.05, 4.69) is 52.0 Å². The third-order valence-corrected chi connectivity index (χ3v) is 4.31. The van der Waals surface area contributed by atoms with Gasteiger partial charge in [0, 0.05) is 20.1 Å². The zero-order valence-corrected chi connectivity index (χ0v) is 17.6. The summed E-state index contributed by atoms with van der Waals surface area (Å²) in [5.41, 5.74) is 3.62. The molecule has 0 unspecified atom stereocenters. The molecular formula is C21H28IN3O. The average Bonchev–Trinajstić information content (AvgIpc) is 3.48. The third-order valence-electron chi connectivity index (χ3n) is 4.31. The van der Waals surface area contributed by atoms with Gasteiger partial charge in [-0.3, -0.25) is 4.99 Å². The summed E-state index contributed by atoms with van der Waals surface area (Å²) in [6.45, 7) is 3.04. The van der Waals surface area contributed by atoms with Gasteiger partial charge in [0.25, 0.3) is 0 Å². The highest BCUT2D eigenvalue weighted by molar-refractivity contribution is 14.0.